The second-order valence-corrected chi connectivity index (χ2v) is 3.36. The first-order chi connectivity index (χ1) is 5.18. The molecule has 11 heavy (non-hydrogen) atoms. The minimum Gasteiger partial charge on any atom is -0.497 e. The summed E-state index contributed by atoms with van der Waals surface area (Å²) in [6.45, 7) is 4.26. The van der Waals surface area contributed by atoms with E-state index < -0.39 is 0 Å². The highest BCUT2D eigenvalue weighted by atomic mass is 16.5. The van der Waals surface area contributed by atoms with Gasteiger partial charge >= 0.3 is 0 Å². The van der Waals surface area contributed by atoms with Gasteiger partial charge in [0.1, 0.15) is 6.10 Å². The second-order valence-electron chi connectivity index (χ2n) is 3.36. The van der Waals surface area contributed by atoms with Crippen molar-refractivity contribution in [1.29, 1.82) is 0 Å². The number of carbonyl (C=O) groups excluding carboxylic acids is 1. The van der Waals surface area contributed by atoms with Crippen molar-refractivity contribution >= 4 is 5.78 Å². The Balaban J connectivity index is 2.37. The smallest absolute Gasteiger partial charge is 0.162 e. The van der Waals surface area contributed by atoms with Crippen LogP contribution in [0.5, 0.6) is 0 Å². The van der Waals surface area contributed by atoms with Crippen molar-refractivity contribution in [2.24, 2.45) is 5.92 Å². The number of allylic oxidation sites excluding steroid dienone is 1. The first-order valence-electron chi connectivity index (χ1n) is 4.03. The Morgan fingerprint density at radius 2 is 2.45 bits per heavy atom. The Bertz CT molecular complexity index is 170. The Labute approximate surface area is 67.2 Å². The molecular weight excluding hydrogens is 140 g/mol. The van der Waals surface area contributed by atoms with Crippen LogP contribution < -0.4 is 0 Å². The highest BCUT2D eigenvalue weighted by Crippen LogP contribution is 2.15. The molecule has 0 aliphatic carbocycles. The fourth-order valence-corrected chi connectivity index (χ4v) is 1.23. The first-order valence-corrected chi connectivity index (χ1v) is 4.03. The monoisotopic (exact) mass is 154 g/mol. The average molecular weight is 154 g/mol. The van der Waals surface area contributed by atoms with Gasteiger partial charge in [-0.3, -0.25) is 4.79 Å². The van der Waals surface area contributed by atoms with Crippen molar-refractivity contribution < 1.29 is 9.53 Å². The van der Waals surface area contributed by atoms with E-state index in [1.54, 1.807) is 0 Å². The van der Waals surface area contributed by atoms with E-state index in [9.17, 15) is 4.79 Å². The molecule has 1 atom stereocenters. The molecule has 0 N–H and O–H groups in total. The van der Waals surface area contributed by atoms with Crippen LogP contribution in [-0.2, 0) is 9.53 Å². The normalized spacial score (nSPS) is 23.9. The van der Waals surface area contributed by atoms with E-state index in [0.29, 0.717) is 12.3 Å². The average Bonchev–Trinajstić information content (AvgIpc) is 1.85. The maximum Gasteiger partial charge on any atom is 0.162 e. The van der Waals surface area contributed by atoms with Gasteiger partial charge in [0.2, 0.25) is 0 Å². The van der Waals surface area contributed by atoms with Gasteiger partial charge in [-0.2, -0.15) is 0 Å². The van der Waals surface area contributed by atoms with Crippen molar-refractivity contribution in [2.45, 2.75) is 32.8 Å². The second kappa shape index (κ2) is 3.56. The summed E-state index contributed by atoms with van der Waals surface area (Å²) in [4.78, 5) is 10.9. The molecule has 0 aromatic heterocycles. The van der Waals surface area contributed by atoms with Crippen LogP contribution in [0.2, 0.25) is 0 Å². The number of ketones is 1. The predicted octanol–water partition coefficient (Wildman–Crippen LogP) is 1.90. The van der Waals surface area contributed by atoms with Crippen LogP contribution in [-0.4, -0.2) is 11.9 Å². The van der Waals surface area contributed by atoms with E-state index in [4.69, 9.17) is 4.74 Å². The predicted molar refractivity (Wildman–Crippen MR) is 43.1 cm³/mol. The largest absolute Gasteiger partial charge is 0.497 e. The summed E-state index contributed by atoms with van der Waals surface area (Å²) < 4.78 is 5.26. The third-order valence-corrected chi connectivity index (χ3v) is 1.69. The lowest BCUT2D eigenvalue weighted by Gasteiger charge is -2.19. The van der Waals surface area contributed by atoms with Gasteiger partial charge in [-0.1, -0.05) is 13.8 Å². The quantitative estimate of drug-likeness (QED) is 0.607. The van der Waals surface area contributed by atoms with Gasteiger partial charge in [-0.25, -0.2) is 0 Å². The third-order valence-electron chi connectivity index (χ3n) is 1.69. The Morgan fingerprint density at radius 1 is 1.73 bits per heavy atom. The van der Waals surface area contributed by atoms with Crippen molar-refractivity contribution in [3.8, 4) is 0 Å². The fraction of sp³-hybridized carbons (Fsp3) is 0.667. The van der Waals surface area contributed by atoms with Crippen LogP contribution in [0.3, 0.4) is 0 Å². The van der Waals surface area contributed by atoms with Gasteiger partial charge in [0.25, 0.3) is 0 Å². The topological polar surface area (TPSA) is 26.3 Å². The zero-order chi connectivity index (χ0) is 8.27. The Morgan fingerprint density at radius 3 is 3.00 bits per heavy atom. The molecule has 1 aliphatic heterocycles. The maximum absolute atomic E-state index is 10.9. The molecule has 0 bridgehead atoms. The first kappa shape index (κ1) is 8.31. The zero-order valence-electron chi connectivity index (χ0n) is 7.04. The molecule has 0 unspecified atom stereocenters. The Hall–Kier alpha value is -0.790. The summed E-state index contributed by atoms with van der Waals surface area (Å²) in [6, 6.07) is 0. The summed E-state index contributed by atoms with van der Waals surface area (Å²) in [5, 5.41) is 0. The summed E-state index contributed by atoms with van der Waals surface area (Å²) in [5.74, 6) is 0.779. The van der Waals surface area contributed by atoms with E-state index in [1.807, 2.05) is 0 Å². The number of hydrogen-bond acceptors (Lipinski definition) is 2. The molecule has 0 saturated heterocycles. The minimum absolute atomic E-state index is 0.118. The van der Waals surface area contributed by atoms with Gasteiger partial charge in [0, 0.05) is 12.5 Å². The molecule has 1 aliphatic rings. The standard InChI is InChI=1S/C9H14O2/c1-7(2)5-9-6-8(10)3-4-11-9/h3-4,7,9H,5-6H2,1-2H3/t9-/m0/s1. The van der Waals surface area contributed by atoms with Crippen LogP contribution in [0.15, 0.2) is 12.3 Å². The summed E-state index contributed by atoms with van der Waals surface area (Å²) >= 11 is 0. The van der Waals surface area contributed by atoms with Crippen LogP contribution in [0.1, 0.15) is 26.7 Å². The van der Waals surface area contributed by atoms with E-state index in [1.165, 1.54) is 12.3 Å². The molecule has 1 rings (SSSR count). The van der Waals surface area contributed by atoms with Crippen LogP contribution in [0, 0.1) is 5.92 Å². The molecule has 0 aromatic rings. The molecule has 0 fully saturated rings. The van der Waals surface area contributed by atoms with Crippen molar-refractivity contribution in [2.75, 3.05) is 0 Å². The third kappa shape index (κ3) is 2.74. The lowest BCUT2D eigenvalue weighted by Crippen LogP contribution is -2.20. The highest BCUT2D eigenvalue weighted by Gasteiger charge is 2.17. The number of rotatable bonds is 2. The molecule has 62 valence electrons. The summed E-state index contributed by atoms with van der Waals surface area (Å²) in [5.41, 5.74) is 0. The van der Waals surface area contributed by atoms with Gasteiger partial charge < -0.3 is 4.74 Å². The molecular formula is C9H14O2. The van der Waals surface area contributed by atoms with Crippen LogP contribution in [0.25, 0.3) is 0 Å². The molecule has 0 spiro atoms. The van der Waals surface area contributed by atoms with Gasteiger partial charge in [-0.05, 0) is 12.3 Å². The van der Waals surface area contributed by atoms with E-state index in [0.717, 1.165) is 6.42 Å². The van der Waals surface area contributed by atoms with E-state index in [-0.39, 0.29) is 11.9 Å². The summed E-state index contributed by atoms with van der Waals surface area (Å²) in [6.07, 6.45) is 4.65. The number of carbonyl (C=O) groups is 1. The molecule has 2 heteroatoms. The van der Waals surface area contributed by atoms with Crippen molar-refractivity contribution in [3.05, 3.63) is 12.3 Å². The van der Waals surface area contributed by atoms with Crippen LogP contribution in [0.4, 0.5) is 0 Å². The van der Waals surface area contributed by atoms with Gasteiger partial charge in [-0.15, -0.1) is 0 Å². The molecule has 0 saturated carbocycles. The minimum atomic E-state index is 0.118. The highest BCUT2D eigenvalue weighted by molar-refractivity contribution is 5.90. The molecule has 0 aromatic carbocycles. The molecule has 1 heterocycles. The van der Waals surface area contributed by atoms with Crippen molar-refractivity contribution in [3.63, 3.8) is 0 Å². The SMILES string of the molecule is CC(C)C[C@H]1CC(=O)C=CO1. The van der Waals surface area contributed by atoms with Gasteiger partial charge in [0.05, 0.1) is 6.26 Å². The van der Waals surface area contributed by atoms with Crippen LogP contribution >= 0.6 is 0 Å². The van der Waals surface area contributed by atoms with Gasteiger partial charge in [0.15, 0.2) is 5.78 Å². The molecule has 2 nitrogen and oxygen atoms in total. The zero-order valence-corrected chi connectivity index (χ0v) is 7.04. The van der Waals surface area contributed by atoms with Crippen molar-refractivity contribution in [1.82, 2.24) is 0 Å². The van der Waals surface area contributed by atoms with E-state index in [2.05, 4.69) is 13.8 Å². The lowest BCUT2D eigenvalue weighted by atomic mass is 10.0. The lowest BCUT2D eigenvalue weighted by molar-refractivity contribution is -0.118. The molecule has 0 radical (unpaired) electrons. The fourth-order valence-electron chi connectivity index (χ4n) is 1.23. The molecule has 0 amide bonds. The maximum atomic E-state index is 10.9. The van der Waals surface area contributed by atoms with E-state index >= 15 is 0 Å². The summed E-state index contributed by atoms with van der Waals surface area (Å²) in [7, 11) is 0. The Kier molecular flexibility index (Phi) is 2.69. The number of ether oxygens (including phenoxy) is 1. The number of hydrogen-bond donors (Lipinski definition) is 0.